The molecule has 0 N–H and O–H groups in total. The molecule has 22 heavy (non-hydrogen) atoms. The molecule has 4 nitrogen and oxygen atoms in total. The van der Waals surface area contributed by atoms with Crippen molar-refractivity contribution >= 4 is 0 Å². The first-order valence-corrected chi connectivity index (χ1v) is 7.61. The highest BCUT2D eigenvalue weighted by Crippen LogP contribution is 2.23. The van der Waals surface area contributed by atoms with E-state index in [-0.39, 0.29) is 0 Å². The number of hydrogen-bond donors (Lipinski definition) is 0. The summed E-state index contributed by atoms with van der Waals surface area (Å²) < 4.78 is 5.58. The van der Waals surface area contributed by atoms with Crippen LogP contribution in [-0.2, 0) is 30.9 Å². The van der Waals surface area contributed by atoms with Gasteiger partial charge in [0, 0.05) is 44.4 Å². The molecule has 4 heteroatoms. The molecule has 114 valence electrons. The monoisotopic (exact) mass is 295 g/mol. The summed E-state index contributed by atoms with van der Waals surface area (Å²) in [4.78, 5) is 10.9. The Balaban J connectivity index is 1.68. The molecule has 2 aromatic heterocycles. The average Bonchev–Trinajstić information content (AvgIpc) is 2.56. The second-order valence-electron chi connectivity index (χ2n) is 5.56. The van der Waals surface area contributed by atoms with E-state index in [1.165, 1.54) is 22.3 Å². The van der Waals surface area contributed by atoms with E-state index >= 15 is 0 Å². The Kier molecular flexibility index (Phi) is 4.93. The summed E-state index contributed by atoms with van der Waals surface area (Å²) in [5.41, 5.74) is 5.24. The fourth-order valence-corrected chi connectivity index (χ4v) is 2.88. The van der Waals surface area contributed by atoms with Gasteiger partial charge in [-0.05, 0) is 40.8 Å². The van der Waals surface area contributed by atoms with Crippen LogP contribution in [0.1, 0.15) is 22.3 Å². The van der Waals surface area contributed by atoms with E-state index in [9.17, 15) is 0 Å². The molecule has 0 spiro atoms. The van der Waals surface area contributed by atoms with Crippen LogP contribution >= 0.6 is 0 Å². The van der Waals surface area contributed by atoms with Crippen LogP contribution in [0, 0.1) is 0 Å². The van der Waals surface area contributed by atoms with Gasteiger partial charge in [-0.2, -0.15) is 0 Å². The summed E-state index contributed by atoms with van der Waals surface area (Å²) in [6.07, 6.45) is 10.5. The van der Waals surface area contributed by atoms with Gasteiger partial charge < -0.3 is 4.74 Å². The Labute approximate surface area is 131 Å². The summed E-state index contributed by atoms with van der Waals surface area (Å²) in [6.45, 7) is 7.84. The standard InChI is InChI=1S/C18H21N3O/c1-2-9-22-14-17-11-20-10-16-13-21(8-5-18(16)17)12-15-3-6-19-7-4-15/h2-4,6-7,10-11H,1,5,8-9,12-14H2. The van der Waals surface area contributed by atoms with Gasteiger partial charge in [0.1, 0.15) is 0 Å². The Hall–Kier alpha value is -2.04. The fourth-order valence-electron chi connectivity index (χ4n) is 2.88. The molecular formula is C18H21N3O. The van der Waals surface area contributed by atoms with Gasteiger partial charge in [-0.25, -0.2) is 0 Å². The number of nitrogens with zero attached hydrogens (tertiary/aromatic N) is 3. The molecule has 0 unspecified atom stereocenters. The third-order valence-corrected chi connectivity index (χ3v) is 3.96. The van der Waals surface area contributed by atoms with Gasteiger partial charge in [-0.15, -0.1) is 6.58 Å². The lowest BCUT2D eigenvalue weighted by atomic mass is 9.97. The first-order chi connectivity index (χ1) is 10.9. The van der Waals surface area contributed by atoms with E-state index in [4.69, 9.17) is 4.74 Å². The van der Waals surface area contributed by atoms with E-state index in [1.54, 1.807) is 6.08 Å². The van der Waals surface area contributed by atoms with Crippen molar-refractivity contribution in [2.45, 2.75) is 26.1 Å². The minimum absolute atomic E-state index is 0.581. The molecule has 0 aliphatic carbocycles. The predicted molar refractivity (Wildman–Crippen MR) is 86.1 cm³/mol. The van der Waals surface area contributed by atoms with E-state index in [0.29, 0.717) is 13.2 Å². The van der Waals surface area contributed by atoms with E-state index < -0.39 is 0 Å². The highest BCUT2D eigenvalue weighted by Gasteiger charge is 2.19. The highest BCUT2D eigenvalue weighted by molar-refractivity contribution is 5.33. The quantitative estimate of drug-likeness (QED) is 0.607. The summed E-state index contributed by atoms with van der Waals surface area (Å²) in [5.74, 6) is 0. The number of rotatable bonds is 6. The number of aromatic nitrogens is 2. The molecule has 2 aromatic rings. The Bertz CT molecular complexity index is 627. The van der Waals surface area contributed by atoms with Crippen molar-refractivity contribution in [1.82, 2.24) is 14.9 Å². The summed E-state index contributed by atoms with van der Waals surface area (Å²) in [7, 11) is 0. The topological polar surface area (TPSA) is 38.2 Å². The Morgan fingerprint density at radius 2 is 2.09 bits per heavy atom. The SMILES string of the molecule is C=CCOCc1cncc2c1CCN(Cc1ccncc1)C2. The molecule has 0 atom stereocenters. The lowest BCUT2D eigenvalue weighted by molar-refractivity contribution is 0.147. The lowest BCUT2D eigenvalue weighted by Gasteiger charge is -2.29. The maximum Gasteiger partial charge on any atom is 0.0738 e. The smallest absolute Gasteiger partial charge is 0.0738 e. The lowest BCUT2D eigenvalue weighted by Crippen LogP contribution is -2.31. The van der Waals surface area contributed by atoms with Crippen molar-refractivity contribution in [2.75, 3.05) is 13.2 Å². The van der Waals surface area contributed by atoms with Crippen molar-refractivity contribution in [1.29, 1.82) is 0 Å². The molecule has 3 rings (SSSR count). The molecule has 3 heterocycles. The van der Waals surface area contributed by atoms with Crippen molar-refractivity contribution in [3.63, 3.8) is 0 Å². The number of fused-ring (bicyclic) bond motifs is 1. The predicted octanol–water partition coefficient (Wildman–Crippen LogP) is 2.74. The fraction of sp³-hybridized carbons (Fsp3) is 0.333. The molecule has 0 saturated heterocycles. The van der Waals surface area contributed by atoms with Gasteiger partial charge in [-0.3, -0.25) is 14.9 Å². The second kappa shape index (κ2) is 7.29. The normalized spacial score (nSPS) is 14.5. The van der Waals surface area contributed by atoms with Gasteiger partial charge >= 0.3 is 0 Å². The number of pyridine rings is 2. The average molecular weight is 295 g/mol. The van der Waals surface area contributed by atoms with Crippen LogP contribution < -0.4 is 0 Å². The third kappa shape index (κ3) is 3.59. The molecule has 1 aliphatic heterocycles. The third-order valence-electron chi connectivity index (χ3n) is 3.96. The summed E-state index contributed by atoms with van der Waals surface area (Å²) in [5, 5.41) is 0. The Morgan fingerprint density at radius 3 is 2.91 bits per heavy atom. The van der Waals surface area contributed by atoms with Crippen molar-refractivity contribution < 1.29 is 4.74 Å². The first kappa shape index (κ1) is 14.9. The summed E-state index contributed by atoms with van der Waals surface area (Å²) >= 11 is 0. The maximum absolute atomic E-state index is 5.58. The molecule has 0 radical (unpaired) electrons. The van der Waals surface area contributed by atoms with Crippen LogP contribution in [0.4, 0.5) is 0 Å². The zero-order valence-electron chi connectivity index (χ0n) is 12.7. The van der Waals surface area contributed by atoms with Crippen molar-refractivity contribution in [3.8, 4) is 0 Å². The van der Waals surface area contributed by atoms with E-state index in [2.05, 4.69) is 33.6 Å². The van der Waals surface area contributed by atoms with E-state index in [1.807, 2.05) is 24.8 Å². The van der Waals surface area contributed by atoms with Gasteiger partial charge in [0.2, 0.25) is 0 Å². The minimum atomic E-state index is 0.581. The van der Waals surface area contributed by atoms with Crippen LogP contribution in [0.5, 0.6) is 0 Å². The van der Waals surface area contributed by atoms with Crippen molar-refractivity contribution in [3.05, 3.63) is 71.8 Å². The summed E-state index contributed by atoms with van der Waals surface area (Å²) in [6, 6.07) is 4.15. The first-order valence-electron chi connectivity index (χ1n) is 7.61. The zero-order chi connectivity index (χ0) is 15.2. The molecule has 0 fully saturated rings. The minimum Gasteiger partial charge on any atom is -0.373 e. The molecule has 0 aromatic carbocycles. The molecule has 0 saturated carbocycles. The second-order valence-corrected chi connectivity index (χ2v) is 5.56. The Morgan fingerprint density at radius 1 is 1.23 bits per heavy atom. The van der Waals surface area contributed by atoms with Crippen LogP contribution in [-0.4, -0.2) is 28.0 Å². The van der Waals surface area contributed by atoms with Gasteiger partial charge in [0.15, 0.2) is 0 Å². The zero-order valence-corrected chi connectivity index (χ0v) is 12.7. The highest BCUT2D eigenvalue weighted by atomic mass is 16.5. The van der Waals surface area contributed by atoms with Crippen LogP contribution in [0.15, 0.2) is 49.6 Å². The molecule has 0 amide bonds. The maximum atomic E-state index is 5.58. The van der Waals surface area contributed by atoms with Gasteiger partial charge in [0.25, 0.3) is 0 Å². The molecule has 1 aliphatic rings. The largest absolute Gasteiger partial charge is 0.373 e. The van der Waals surface area contributed by atoms with Crippen molar-refractivity contribution in [2.24, 2.45) is 0 Å². The van der Waals surface area contributed by atoms with E-state index in [0.717, 1.165) is 26.1 Å². The van der Waals surface area contributed by atoms with Gasteiger partial charge in [0.05, 0.1) is 13.2 Å². The number of hydrogen-bond acceptors (Lipinski definition) is 4. The molecule has 0 bridgehead atoms. The van der Waals surface area contributed by atoms with Gasteiger partial charge in [-0.1, -0.05) is 6.08 Å². The van der Waals surface area contributed by atoms with Crippen LogP contribution in [0.3, 0.4) is 0 Å². The molecular weight excluding hydrogens is 274 g/mol. The number of ether oxygens (including phenoxy) is 1. The van der Waals surface area contributed by atoms with Crippen LogP contribution in [0.2, 0.25) is 0 Å². The van der Waals surface area contributed by atoms with Crippen LogP contribution in [0.25, 0.3) is 0 Å².